The van der Waals surface area contributed by atoms with Crippen molar-refractivity contribution in [2.24, 2.45) is 4.99 Å². The smallest absolute Gasteiger partial charge is 0.191 e. The van der Waals surface area contributed by atoms with E-state index in [1.165, 1.54) is 10.4 Å². The van der Waals surface area contributed by atoms with E-state index in [-0.39, 0.29) is 24.0 Å². The molecule has 0 saturated carbocycles. The third-order valence-corrected chi connectivity index (χ3v) is 6.58. The van der Waals surface area contributed by atoms with Gasteiger partial charge in [-0.1, -0.05) is 30.3 Å². The van der Waals surface area contributed by atoms with Gasteiger partial charge in [0.05, 0.1) is 17.2 Å². The molecule has 0 radical (unpaired) electrons. The van der Waals surface area contributed by atoms with Crippen LogP contribution in [0.2, 0.25) is 0 Å². The van der Waals surface area contributed by atoms with Crippen LogP contribution in [0.25, 0.3) is 0 Å². The molecule has 172 valence electrons. The molecule has 6 nitrogen and oxygen atoms in total. The summed E-state index contributed by atoms with van der Waals surface area (Å²) in [6.07, 6.45) is 1.09. The van der Waals surface area contributed by atoms with Crippen LogP contribution in [0.4, 0.5) is 0 Å². The number of hydrogen-bond acceptors (Lipinski definition) is 5. The molecule has 3 rings (SSSR count). The highest BCUT2D eigenvalue weighted by Gasteiger charge is 2.25. The number of likely N-dealkylation sites (N-methyl/N-ethyl adjacent to an activating group) is 1. The highest BCUT2D eigenvalue weighted by atomic mass is 127. The quantitative estimate of drug-likeness (QED) is 0.224. The molecule has 1 atom stereocenters. The Bertz CT molecular complexity index is 810. The van der Waals surface area contributed by atoms with E-state index in [1.807, 2.05) is 0 Å². The Morgan fingerprint density at radius 3 is 2.65 bits per heavy atom. The van der Waals surface area contributed by atoms with Crippen molar-refractivity contribution in [3.8, 4) is 0 Å². The monoisotopic (exact) mass is 556 g/mol. The average Bonchev–Trinajstić information content (AvgIpc) is 3.07. The summed E-state index contributed by atoms with van der Waals surface area (Å²) in [4.78, 5) is 15.6. The summed E-state index contributed by atoms with van der Waals surface area (Å²) in [7, 11) is 2.22. The first-order chi connectivity index (χ1) is 14.6. The molecule has 0 aliphatic carbocycles. The zero-order valence-corrected chi connectivity index (χ0v) is 22.4. The van der Waals surface area contributed by atoms with Crippen LogP contribution in [0.3, 0.4) is 0 Å². The summed E-state index contributed by atoms with van der Waals surface area (Å²) in [6, 6.07) is 11.4. The number of guanidine groups is 1. The standard InChI is InChI=1S/C23H36N6S.HI/c1-5-24-23(26-16-22-18(2)27-19(3)30-22)25-12-9-13-29-15-14-28(4)17-21(29)20-10-7-6-8-11-20;/h6-8,10-11,21H,5,9,12-17H2,1-4H3,(H2,24,25,26);1H. The molecule has 2 aromatic rings. The number of rotatable bonds is 8. The van der Waals surface area contributed by atoms with Gasteiger partial charge >= 0.3 is 0 Å². The average molecular weight is 557 g/mol. The number of nitrogens with zero attached hydrogens (tertiary/aromatic N) is 4. The molecule has 2 heterocycles. The maximum Gasteiger partial charge on any atom is 0.191 e. The van der Waals surface area contributed by atoms with Gasteiger partial charge in [-0.15, -0.1) is 35.3 Å². The molecule has 1 aromatic carbocycles. The van der Waals surface area contributed by atoms with E-state index < -0.39 is 0 Å². The van der Waals surface area contributed by atoms with Gasteiger partial charge in [-0.2, -0.15) is 0 Å². The lowest BCUT2D eigenvalue weighted by Gasteiger charge is -2.40. The Balaban J connectivity index is 0.00000341. The second-order valence-corrected chi connectivity index (χ2v) is 9.23. The van der Waals surface area contributed by atoms with Gasteiger partial charge in [0.2, 0.25) is 0 Å². The molecule has 8 heteroatoms. The van der Waals surface area contributed by atoms with E-state index >= 15 is 0 Å². The molecule has 1 aliphatic rings. The number of nitrogens with one attached hydrogen (secondary N) is 2. The predicted octanol–water partition coefficient (Wildman–Crippen LogP) is 3.81. The molecule has 1 saturated heterocycles. The highest BCUT2D eigenvalue weighted by Crippen LogP contribution is 2.24. The summed E-state index contributed by atoms with van der Waals surface area (Å²) in [5.74, 6) is 0.890. The minimum absolute atomic E-state index is 0. The molecule has 1 unspecified atom stereocenters. The maximum atomic E-state index is 4.76. The fraction of sp³-hybridized carbons (Fsp3) is 0.565. The Morgan fingerprint density at radius 2 is 1.97 bits per heavy atom. The molecular weight excluding hydrogens is 519 g/mol. The second-order valence-electron chi connectivity index (χ2n) is 7.94. The fourth-order valence-electron chi connectivity index (χ4n) is 3.92. The number of halogens is 1. The number of aryl methyl sites for hydroxylation is 2. The predicted molar refractivity (Wildman–Crippen MR) is 143 cm³/mol. The molecule has 0 amide bonds. The Morgan fingerprint density at radius 1 is 1.19 bits per heavy atom. The van der Waals surface area contributed by atoms with E-state index in [0.717, 1.165) is 62.4 Å². The van der Waals surface area contributed by atoms with Crippen molar-refractivity contribution in [2.45, 2.75) is 39.8 Å². The number of benzene rings is 1. The highest BCUT2D eigenvalue weighted by molar-refractivity contribution is 14.0. The normalized spacial score (nSPS) is 17.9. The van der Waals surface area contributed by atoms with Crippen LogP contribution in [0, 0.1) is 13.8 Å². The van der Waals surface area contributed by atoms with E-state index in [2.05, 4.69) is 83.6 Å². The van der Waals surface area contributed by atoms with Crippen LogP contribution in [-0.2, 0) is 6.54 Å². The van der Waals surface area contributed by atoms with Crippen molar-refractivity contribution < 1.29 is 0 Å². The van der Waals surface area contributed by atoms with Gasteiger partial charge in [-0.05, 0) is 39.8 Å². The Labute approximate surface area is 208 Å². The number of aliphatic imine (C=N–C) groups is 1. The number of hydrogen-bond donors (Lipinski definition) is 2. The number of piperazine rings is 1. The molecule has 1 fully saturated rings. The van der Waals surface area contributed by atoms with E-state index in [0.29, 0.717) is 12.6 Å². The van der Waals surface area contributed by atoms with Crippen molar-refractivity contribution in [3.05, 3.63) is 51.5 Å². The Hall–Kier alpha value is -1.23. The summed E-state index contributed by atoms with van der Waals surface area (Å²) >= 11 is 1.74. The molecule has 0 bridgehead atoms. The van der Waals surface area contributed by atoms with Gasteiger partial charge in [-0.25, -0.2) is 9.98 Å². The summed E-state index contributed by atoms with van der Waals surface area (Å²) in [5.41, 5.74) is 2.52. The van der Waals surface area contributed by atoms with Gasteiger partial charge in [0.1, 0.15) is 0 Å². The fourth-order valence-corrected chi connectivity index (χ4v) is 4.78. The Kier molecular flexibility index (Phi) is 11.2. The zero-order chi connectivity index (χ0) is 21.3. The summed E-state index contributed by atoms with van der Waals surface area (Å²) < 4.78 is 0. The van der Waals surface area contributed by atoms with Crippen LogP contribution < -0.4 is 10.6 Å². The molecular formula is C23H37IN6S. The van der Waals surface area contributed by atoms with Gasteiger partial charge in [0.15, 0.2) is 5.96 Å². The van der Waals surface area contributed by atoms with E-state index in [1.54, 1.807) is 11.3 Å². The van der Waals surface area contributed by atoms with Gasteiger partial charge in [0.25, 0.3) is 0 Å². The molecule has 31 heavy (non-hydrogen) atoms. The lowest BCUT2D eigenvalue weighted by Crippen LogP contribution is -2.47. The minimum Gasteiger partial charge on any atom is -0.357 e. The first-order valence-electron chi connectivity index (χ1n) is 11.0. The van der Waals surface area contributed by atoms with Crippen molar-refractivity contribution in [3.63, 3.8) is 0 Å². The lowest BCUT2D eigenvalue weighted by atomic mass is 10.0. The van der Waals surface area contributed by atoms with Gasteiger partial charge < -0.3 is 15.5 Å². The molecule has 1 aliphatic heterocycles. The third kappa shape index (κ3) is 8.00. The van der Waals surface area contributed by atoms with Crippen LogP contribution in [-0.4, -0.2) is 67.1 Å². The van der Waals surface area contributed by atoms with Crippen LogP contribution in [0.15, 0.2) is 35.3 Å². The van der Waals surface area contributed by atoms with Gasteiger partial charge in [-0.3, -0.25) is 4.90 Å². The number of thiazole rings is 1. The number of aromatic nitrogens is 1. The van der Waals surface area contributed by atoms with Crippen LogP contribution in [0.1, 0.15) is 40.5 Å². The van der Waals surface area contributed by atoms with Gasteiger partial charge in [0, 0.05) is 50.2 Å². The minimum atomic E-state index is 0. The summed E-state index contributed by atoms with van der Waals surface area (Å²) in [5, 5.41) is 7.97. The molecule has 2 N–H and O–H groups in total. The van der Waals surface area contributed by atoms with E-state index in [9.17, 15) is 0 Å². The van der Waals surface area contributed by atoms with Crippen molar-refractivity contribution in [2.75, 3.05) is 46.3 Å². The second kappa shape index (κ2) is 13.3. The maximum absolute atomic E-state index is 4.76. The molecule has 1 aromatic heterocycles. The SMILES string of the molecule is CCNC(=NCc1sc(C)nc1C)NCCCN1CCN(C)CC1c1ccccc1.I. The summed E-state index contributed by atoms with van der Waals surface area (Å²) in [6.45, 7) is 13.1. The molecule has 0 spiro atoms. The first-order valence-corrected chi connectivity index (χ1v) is 11.8. The first kappa shape index (κ1) is 26.0. The third-order valence-electron chi connectivity index (χ3n) is 5.52. The van der Waals surface area contributed by atoms with Crippen LogP contribution >= 0.6 is 35.3 Å². The van der Waals surface area contributed by atoms with E-state index in [4.69, 9.17) is 4.99 Å². The largest absolute Gasteiger partial charge is 0.357 e. The van der Waals surface area contributed by atoms with Crippen molar-refractivity contribution in [1.82, 2.24) is 25.4 Å². The van der Waals surface area contributed by atoms with Crippen molar-refractivity contribution in [1.29, 1.82) is 0 Å². The lowest BCUT2D eigenvalue weighted by molar-refractivity contribution is 0.0891. The topological polar surface area (TPSA) is 55.8 Å². The van der Waals surface area contributed by atoms with Crippen molar-refractivity contribution >= 4 is 41.3 Å². The zero-order valence-electron chi connectivity index (χ0n) is 19.2. The van der Waals surface area contributed by atoms with Crippen LogP contribution in [0.5, 0.6) is 0 Å².